The quantitative estimate of drug-likeness (QED) is 0.653. The number of carbonyl (C=O) groups is 2. The molecule has 1 amide bonds. The van der Waals surface area contributed by atoms with Crippen molar-refractivity contribution in [3.05, 3.63) is 59.9 Å². The molecule has 0 aromatic heterocycles. The Labute approximate surface area is 163 Å². The Morgan fingerprint density at radius 2 is 1.64 bits per heavy atom. The van der Waals surface area contributed by atoms with Gasteiger partial charge >= 0.3 is 5.97 Å². The highest BCUT2D eigenvalue weighted by Gasteiger charge is 2.14. The molecular formula is C19H21FN2O5S. The number of hydrogen-bond donors (Lipinski definition) is 2. The number of esters is 1. The van der Waals surface area contributed by atoms with Gasteiger partial charge in [-0.25, -0.2) is 12.8 Å². The van der Waals surface area contributed by atoms with Crippen molar-refractivity contribution in [3.8, 4) is 0 Å². The maximum absolute atomic E-state index is 12.9. The van der Waals surface area contributed by atoms with Crippen LogP contribution in [0.4, 0.5) is 10.1 Å². The molecule has 0 fully saturated rings. The molecule has 2 rings (SSSR count). The molecule has 0 bridgehead atoms. The van der Waals surface area contributed by atoms with Gasteiger partial charge in [-0.3, -0.25) is 14.3 Å². The van der Waals surface area contributed by atoms with E-state index in [2.05, 4.69) is 10.0 Å². The van der Waals surface area contributed by atoms with Crippen LogP contribution in [0, 0.1) is 5.82 Å². The van der Waals surface area contributed by atoms with Gasteiger partial charge in [0.15, 0.2) is 6.61 Å². The first kappa shape index (κ1) is 21.4. The van der Waals surface area contributed by atoms with Gasteiger partial charge in [0.1, 0.15) is 5.82 Å². The van der Waals surface area contributed by atoms with E-state index in [1.54, 1.807) is 26.0 Å². The summed E-state index contributed by atoms with van der Waals surface area (Å²) in [5, 5.41) is 2.61. The molecule has 0 atom stereocenters. The summed E-state index contributed by atoms with van der Waals surface area (Å²) in [7, 11) is -3.85. The van der Waals surface area contributed by atoms with E-state index in [-0.39, 0.29) is 35.6 Å². The number of amides is 1. The van der Waals surface area contributed by atoms with Crippen molar-refractivity contribution in [1.82, 2.24) is 5.32 Å². The van der Waals surface area contributed by atoms with Gasteiger partial charge in [-0.1, -0.05) is 12.1 Å². The van der Waals surface area contributed by atoms with Crippen LogP contribution in [-0.2, 0) is 30.8 Å². The lowest BCUT2D eigenvalue weighted by molar-refractivity contribution is -0.148. The molecule has 2 aromatic rings. The van der Waals surface area contributed by atoms with E-state index < -0.39 is 21.8 Å². The molecule has 0 radical (unpaired) electrons. The van der Waals surface area contributed by atoms with E-state index in [1.165, 1.54) is 12.1 Å². The minimum Gasteiger partial charge on any atom is -0.455 e. The summed E-state index contributed by atoms with van der Waals surface area (Å²) in [5.74, 6) is -1.48. The Bertz CT molecular complexity index is 926. The number of halogens is 1. The van der Waals surface area contributed by atoms with Gasteiger partial charge in [0, 0.05) is 11.7 Å². The number of ether oxygens (including phenoxy) is 1. The lowest BCUT2D eigenvalue weighted by Gasteiger charge is -2.10. The lowest BCUT2D eigenvalue weighted by atomic mass is 10.1. The van der Waals surface area contributed by atoms with Crippen molar-refractivity contribution in [2.45, 2.75) is 31.2 Å². The summed E-state index contributed by atoms with van der Waals surface area (Å²) in [6.45, 7) is 3.24. The van der Waals surface area contributed by atoms with Gasteiger partial charge in [0.2, 0.25) is 0 Å². The summed E-state index contributed by atoms with van der Waals surface area (Å²) in [5.41, 5.74) is 0.886. The molecule has 9 heteroatoms. The summed E-state index contributed by atoms with van der Waals surface area (Å²) in [6, 6.07) is 10.5. The Balaban J connectivity index is 1.91. The second kappa shape index (κ2) is 9.32. The Morgan fingerprint density at radius 1 is 1.04 bits per heavy atom. The molecule has 28 heavy (non-hydrogen) atoms. The Hall–Kier alpha value is -2.94. The number of hydrogen-bond acceptors (Lipinski definition) is 5. The highest BCUT2D eigenvalue weighted by molar-refractivity contribution is 7.92. The van der Waals surface area contributed by atoms with Crippen LogP contribution in [0.2, 0.25) is 0 Å². The number of nitrogens with one attached hydrogen (secondary N) is 2. The van der Waals surface area contributed by atoms with Crippen molar-refractivity contribution in [3.63, 3.8) is 0 Å². The summed E-state index contributed by atoms with van der Waals surface area (Å²) in [6.07, 6.45) is -0.0556. The predicted octanol–water partition coefficient (Wildman–Crippen LogP) is 2.24. The van der Waals surface area contributed by atoms with Crippen LogP contribution in [0.25, 0.3) is 0 Å². The second-order valence-electron chi connectivity index (χ2n) is 6.32. The molecule has 0 saturated carbocycles. The van der Waals surface area contributed by atoms with Crippen LogP contribution in [0.15, 0.2) is 53.4 Å². The molecule has 7 nitrogen and oxygen atoms in total. The molecular weight excluding hydrogens is 387 g/mol. The SMILES string of the molecule is CC(C)NC(=O)COC(=O)Cc1ccc(NS(=O)(=O)c2ccc(F)cc2)cc1. The third-order valence-electron chi connectivity index (χ3n) is 3.49. The van der Waals surface area contributed by atoms with Crippen molar-refractivity contribution in [1.29, 1.82) is 0 Å². The first-order valence-corrected chi connectivity index (χ1v) is 9.96. The zero-order valence-electron chi connectivity index (χ0n) is 15.4. The van der Waals surface area contributed by atoms with Crippen LogP contribution in [0.3, 0.4) is 0 Å². The maximum Gasteiger partial charge on any atom is 0.310 e. The van der Waals surface area contributed by atoms with E-state index in [0.717, 1.165) is 24.3 Å². The van der Waals surface area contributed by atoms with Gasteiger partial charge < -0.3 is 10.1 Å². The monoisotopic (exact) mass is 408 g/mol. The number of anilines is 1. The van der Waals surface area contributed by atoms with Gasteiger partial charge in [-0.15, -0.1) is 0 Å². The molecule has 2 N–H and O–H groups in total. The standard InChI is InChI=1S/C19H21FN2O5S/c1-13(2)21-18(23)12-27-19(24)11-14-3-7-16(8-4-14)22-28(25,26)17-9-5-15(20)6-10-17/h3-10,13,22H,11-12H2,1-2H3,(H,21,23). The predicted molar refractivity (Wildman–Crippen MR) is 102 cm³/mol. The maximum atomic E-state index is 12.9. The first-order valence-electron chi connectivity index (χ1n) is 8.48. The average molecular weight is 408 g/mol. The highest BCUT2D eigenvalue weighted by Crippen LogP contribution is 2.17. The van der Waals surface area contributed by atoms with Crippen molar-refractivity contribution in [2.75, 3.05) is 11.3 Å². The van der Waals surface area contributed by atoms with Crippen LogP contribution in [-0.4, -0.2) is 32.9 Å². The molecule has 0 heterocycles. The molecule has 150 valence electrons. The molecule has 0 saturated heterocycles. The van der Waals surface area contributed by atoms with Gasteiger partial charge in [0.05, 0.1) is 11.3 Å². The topological polar surface area (TPSA) is 102 Å². The van der Waals surface area contributed by atoms with Crippen LogP contribution >= 0.6 is 0 Å². The summed E-state index contributed by atoms with van der Waals surface area (Å²) >= 11 is 0. The van der Waals surface area contributed by atoms with Gasteiger partial charge in [-0.2, -0.15) is 0 Å². The molecule has 0 aliphatic carbocycles. The minimum absolute atomic E-state index is 0.0440. The Kier molecular flexibility index (Phi) is 7.11. The first-order chi connectivity index (χ1) is 13.2. The third kappa shape index (κ3) is 6.66. The number of rotatable bonds is 8. The van der Waals surface area contributed by atoms with Crippen molar-refractivity contribution in [2.24, 2.45) is 0 Å². The normalized spacial score (nSPS) is 11.1. The van der Waals surface area contributed by atoms with E-state index in [4.69, 9.17) is 4.74 Å². The van der Waals surface area contributed by atoms with E-state index >= 15 is 0 Å². The van der Waals surface area contributed by atoms with E-state index in [9.17, 15) is 22.4 Å². The third-order valence-corrected chi connectivity index (χ3v) is 4.89. The zero-order valence-corrected chi connectivity index (χ0v) is 16.3. The molecule has 0 unspecified atom stereocenters. The van der Waals surface area contributed by atoms with E-state index in [1.807, 2.05) is 0 Å². The fourth-order valence-electron chi connectivity index (χ4n) is 2.25. The van der Waals surface area contributed by atoms with Crippen molar-refractivity contribution >= 4 is 27.6 Å². The smallest absolute Gasteiger partial charge is 0.310 e. The lowest BCUT2D eigenvalue weighted by Crippen LogP contribution is -2.34. The fourth-order valence-corrected chi connectivity index (χ4v) is 3.30. The number of carbonyl (C=O) groups excluding carboxylic acids is 2. The fraction of sp³-hybridized carbons (Fsp3) is 0.263. The number of sulfonamides is 1. The minimum atomic E-state index is -3.85. The van der Waals surface area contributed by atoms with E-state index in [0.29, 0.717) is 5.56 Å². The van der Waals surface area contributed by atoms with Crippen LogP contribution in [0.5, 0.6) is 0 Å². The van der Waals surface area contributed by atoms with Gasteiger partial charge in [-0.05, 0) is 55.8 Å². The molecule has 2 aromatic carbocycles. The second-order valence-corrected chi connectivity index (χ2v) is 8.00. The van der Waals surface area contributed by atoms with Crippen LogP contribution in [0.1, 0.15) is 19.4 Å². The summed E-state index contributed by atoms with van der Waals surface area (Å²) in [4.78, 5) is 23.2. The molecule has 0 aliphatic rings. The largest absolute Gasteiger partial charge is 0.455 e. The highest BCUT2D eigenvalue weighted by atomic mass is 32.2. The average Bonchev–Trinajstić information content (AvgIpc) is 2.61. The zero-order chi connectivity index (χ0) is 20.7. The molecule has 0 aliphatic heterocycles. The van der Waals surface area contributed by atoms with Gasteiger partial charge in [0.25, 0.3) is 15.9 Å². The van der Waals surface area contributed by atoms with Crippen LogP contribution < -0.4 is 10.0 Å². The summed E-state index contributed by atoms with van der Waals surface area (Å²) < 4.78 is 44.7. The number of benzene rings is 2. The molecule has 0 spiro atoms. The Morgan fingerprint density at radius 3 is 2.21 bits per heavy atom. The van der Waals surface area contributed by atoms with Crippen molar-refractivity contribution < 1.29 is 27.1 Å².